The summed E-state index contributed by atoms with van der Waals surface area (Å²) in [6.45, 7) is 5.18. The van der Waals surface area contributed by atoms with E-state index in [1.54, 1.807) is 38.5 Å². The van der Waals surface area contributed by atoms with Crippen LogP contribution in [0.2, 0.25) is 0 Å². The van der Waals surface area contributed by atoms with Crippen LogP contribution < -0.4 is 0 Å². The van der Waals surface area contributed by atoms with Crippen LogP contribution in [-0.2, 0) is 32.4 Å². The number of hydrogen-bond acceptors (Lipinski definition) is 0. The third kappa shape index (κ3) is 20.1. The molecule has 0 aliphatic heterocycles. The van der Waals surface area contributed by atoms with Gasteiger partial charge in [0.05, 0.1) is 0 Å². The summed E-state index contributed by atoms with van der Waals surface area (Å²) in [5, 5.41) is 0. The fourth-order valence-corrected chi connectivity index (χ4v) is 0. The fourth-order valence-electron chi connectivity index (χ4n) is 0. The maximum absolute atomic E-state index is 3.37. The van der Waals surface area contributed by atoms with Crippen molar-refractivity contribution < 1.29 is 32.4 Å². The normalized spacial score (nSPS) is 6.83. The van der Waals surface area contributed by atoms with Crippen LogP contribution in [0.3, 0.4) is 0 Å². The summed E-state index contributed by atoms with van der Waals surface area (Å²) >= 11 is 3.33. The summed E-state index contributed by atoms with van der Waals surface area (Å²) in [6.07, 6.45) is 4.32. The van der Waals surface area contributed by atoms with Crippen molar-refractivity contribution in [1.29, 1.82) is 0 Å². The Morgan fingerprint density at radius 1 is 1.67 bits per heavy atom. The average molecular weight is 422 g/mol. The van der Waals surface area contributed by atoms with Gasteiger partial charge in [0.1, 0.15) is 0 Å². The van der Waals surface area contributed by atoms with Gasteiger partial charge in [0.25, 0.3) is 0 Å². The molecule has 36 valence electrons. The SMILES string of the molecule is [CH2-]C=[C-]C.[W]=[W]. The molecule has 0 radical (unpaired) electrons. The van der Waals surface area contributed by atoms with Gasteiger partial charge in [-0.3, -0.25) is 0 Å². The topological polar surface area (TPSA) is 0 Å². The van der Waals surface area contributed by atoms with Gasteiger partial charge in [0, 0.05) is 0 Å². The first-order valence-electron chi connectivity index (χ1n) is 1.36. The molecule has 0 saturated heterocycles. The van der Waals surface area contributed by atoms with E-state index in [1.165, 1.54) is 0 Å². The van der Waals surface area contributed by atoms with Crippen molar-refractivity contribution in [3.8, 4) is 0 Å². The van der Waals surface area contributed by atoms with Gasteiger partial charge in [-0.05, 0) is 0 Å². The Balaban J connectivity index is 0. The van der Waals surface area contributed by atoms with Crippen molar-refractivity contribution in [2.45, 2.75) is 6.92 Å². The van der Waals surface area contributed by atoms with E-state index in [4.69, 9.17) is 0 Å². The zero-order valence-corrected chi connectivity index (χ0v) is 9.47. The standard InChI is InChI=1S/C4H6.2W/c1-3-4-2;;/h3H,1H2,2H3;;/q-2;;. The van der Waals surface area contributed by atoms with Gasteiger partial charge in [-0.2, -0.15) is 0 Å². The van der Waals surface area contributed by atoms with Gasteiger partial charge >= 0.3 is 32.4 Å². The molecule has 6 heavy (non-hydrogen) atoms. The Labute approximate surface area is 58.2 Å². The van der Waals surface area contributed by atoms with Crippen LogP contribution in [-0.4, -0.2) is 0 Å². The maximum atomic E-state index is 3.37. The third-order valence-corrected chi connectivity index (χ3v) is 0.204. The zero-order valence-electron chi connectivity index (χ0n) is 3.60. The predicted octanol–water partition coefficient (Wildman–Crippen LogP) is 1.19. The molecule has 0 atom stereocenters. The Morgan fingerprint density at radius 3 is 1.83 bits per heavy atom. The van der Waals surface area contributed by atoms with Crippen LogP contribution in [0, 0.1) is 13.0 Å². The van der Waals surface area contributed by atoms with Gasteiger partial charge < -0.3 is 19.1 Å². The Kier molecular flexibility index (Phi) is 28.0. The molecule has 0 aromatic rings. The summed E-state index contributed by atoms with van der Waals surface area (Å²) in [7, 11) is 0. The first-order chi connectivity index (χ1) is 2.91. The molecule has 0 fully saturated rings. The summed E-state index contributed by atoms with van der Waals surface area (Å²) < 4.78 is 0. The molecule has 0 N–H and O–H groups in total. The first-order valence-corrected chi connectivity index (χ1v) is 12.4. The predicted molar refractivity (Wildman–Crippen MR) is 18.8 cm³/mol. The number of hydrogen-bond donors (Lipinski definition) is 0. The molecule has 0 aromatic heterocycles. The van der Waals surface area contributed by atoms with Crippen LogP contribution in [0.5, 0.6) is 0 Å². The zero-order chi connectivity index (χ0) is 5.41. The molecular formula is C4H6W2-2. The molecule has 0 nitrogen and oxygen atoms in total. The molecule has 0 spiro atoms. The monoisotopic (exact) mass is 422 g/mol. The van der Waals surface area contributed by atoms with Gasteiger partial charge in [-0.25, -0.2) is 6.92 Å². The van der Waals surface area contributed by atoms with E-state index in [2.05, 4.69) is 13.0 Å². The van der Waals surface area contributed by atoms with Gasteiger partial charge in [0.15, 0.2) is 0 Å². The van der Waals surface area contributed by atoms with E-state index in [9.17, 15) is 0 Å². The molecule has 0 bridgehead atoms. The average Bonchev–Trinajstić information content (AvgIpc) is 1.72. The minimum absolute atomic E-state index is 1.62. The quantitative estimate of drug-likeness (QED) is 0.516. The van der Waals surface area contributed by atoms with Crippen molar-refractivity contribution >= 4 is 0 Å². The van der Waals surface area contributed by atoms with Crippen molar-refractivity contribution in [1.82, 2.24) is 0 Å². The second-order valence-electron chi connectivity index (χ2n) is 0.493. The van der Waals surface area contributed by atoms with Crippen LogP contribution in [0.4, 0.5) is 0 Å². The fraction of sp³-hybridized carbons (Fsp3) is 0.250. The van der Waals surface area contributed by atoms with Crippen molar-refractivity contribution in [3.63, 3.8) is 0 Å². The number of allylic oxidation sites excluding steroid dienone is 2. The molecule has 2 heteroatoms. The van der Waals surface area contributed by atoms with E-state index in [0.717, 1.165) is 0 Å². The summed E-state index contributed by atoms with van der Waals surface area (Å²) in [4.78, 5) is 0. The van der Waals surface area contributed by atoms with Crippen molar-refractivity contribution in [2.75, 3.05) is 0 Å². The summed E-state index contributed by atoms with van der Waals surface area (Å²) in [5.74, 6) is 0. The van der Waals surface area contributed by atoms with Gasteiger partial charge in [-0.15, -0.1) is 0 Å². The van der Waals surface area contributed by atoms with Gasteiger partial charge in [0.2, 0.25) is 0 Å². The van der Waals surface area contributed by atoms with Gasteiger partial charge in [-0.1, -0.05) is 0 Å². The van der Waals surface area contributed by atoms with Crippen LogP contribution in [0.15, 0.2) is 6.08 Å². The molecule has 0 aliphatic rings. The van der Waals surface area contributed by atoms with E-state index in [0.29, 0.717) is 0 Å². The van der Waals surface area contributed by atoms with Crippen LogP contribution in [0.25, 0.3) is 0 Å². The van der Waals surface area contributed by atoms with E-state index in [-0.39, 0.29) is 0 Å². The second kappa shape index (κ2) is 16.7. The molecule has 0 aromatic carbocycles. The van der Waals surface area contributed by atoms with E-state index < -0.39 is 0 Å². The molecular weight excluding hydrogens is 416 g/mol. The summed E-state index contributed by atoms with van der Waals surface area (Å²) in [5.41, 5.74) is 0. The van der Waals surface area contributed by atoms with E-state index in [1.807, 2.05) is 6.92 Å². The minimum atomic E-state index is 1.62. The molecule has 0 saturated carbocycles. The first kappa shape index (κ1) is 10.1. The summed E-state index contributed by atoms with van der Waals surface area (Å²) in [6, 6.07) is 0. The molecule has 0 heterocycles. The van der Waals surface area contributed by atoms with Crippen LogP contribution in [0.1, 0.15) is 6.92 Å². The Hall–Kier alpha value is 0.987. The van der Waals surface area contributed by atoms with Crippen molar-refractivity contribution in [2.24, 2.45) is 0 Å². The molecule has 0 unspecified atom stereocenters. The molecule has 0 rings (SSSR count). The van der Waals surface area contributed by atoms with Crippen LogP contribution >= 0.6 is 0 Å². The Bertz CT molecular complexity index is 28.5. The van der Waals surface area contributed by atoms with Crippen molar-refractivity contribution in [3.05, 3.63) is 19.1 Å². The molecule has 0 amide bonds. The second-order valence-corrected chi connectivity index (χ2v) is 0.493. The number of rotatable bonds is 0. The third-order valence-electron chi connectivity index (χ3n) is 0.204. The van der Waals surface area contributed by atoms with E-state index >= 15 is 0 Å². The molecule has 0 aliphatic carbocycles. The Morgan fingerprint density at radius 2 is 1.83 bits per heavy atom.